The lowest BCUT2D eigenvalue weighted by molar-refractivity contribution is 0.392. The van der Waals surface area contributed by atoms with Crippen LogP contribution in [0.5, 0.6) is 0 Å². The number of aromatic nitrogens is 3. The average Bonchev–Trinajstić information content (AvgIpc) is 3.06. The average molecular weight is 270 g/mol. The molecule has 0 spiro atoms. The van der Waals surface area contributed by atoms with Crippen molar-refractivity contribution in [2.24, 2.45) is 0 Å². The summed E-state index contributed by atoms with van der Waals surface area (Å²) in [6, 6.07) is 5.57. The summed E-state index contributed by atoms with van der Waals surface area (Å²) in [6.45, 7) is 0. The molecule has 1 fully saturated rings. The van der Waals surface area contributed by atoms with Crippen molar-refractivity contribution in [1.29, 1.82) is 5.26 Å². The molecule has 1 saturated carbocycles. The third-order valence-corrected chi connectivity index (χ3v) is 3.95. The van der Waals surface area contributed by atoms with Crippen molar-refractivity contribution < 1.29 is 4.52 Å². The van der Waals surface area contributed by atoms with Crippen LogP contribution < -0.4 is 0 Å². The van der Waals surface area contributed by atoms with Gasteiger partial charge in [-0.2, -0.15) is 10.2 Å². The van der Waals surface area contributed by atoms with Crippen LogP contribution in [-0.2, 0) is 0 Å². The molecule has 0 atom stereocenters. The summed E-state index contributed by atoms with van der Waals surface area (Å²) in [6.07, 6.45) is 8.75. The van der Waals surface area contributed by atoms with Crippen molar-refractivity contribution in [2.75, 3.05) is 0 Å². The molecule has 2 aromatic heterocycles. The second-order valence-electron chi connectivity index (χ2n) is 5.40. The highest BCUT2D eigenvalue weighted by molar-refractivity contribution is 5.49. The summed E-state index contributed by atoms with van der Waals surface area (Å²) in [5, 5.41) is 13.0. The topological polar surface area (TPSA) is 78.5 Å². The minimum absolute atomic E-state index is 0.415. The predicted molar refractivity (Wildman–Crippen MR) is 73.9 cm³/mol. The normalized spacial score (nSPS) is 17.4. The van der Waals surface area contributed by atoms with Gasteiger partial charge in [0.15, 0.2) is 5.82 Å². The molecule has 0 amide bonds. The molecule has 5 nitrogen and oxygen atoms in total. The van der Waals surface area contributed by atoms with E-state index in [4.69, 9.17) is 9.78 Å². The molecular formula is C15H18N4O. The van der Waals surface area contributed by atoms with Crippen LogP contribution in [0.1, 0.15) is 62.4 Å². The lowest BCUT2D eigenvalue weighted by atomic mass is 9.91. The number of nitrogens with zero attached hydrogens (tertiary/aromatic N) is 3. The van der Waals surface area contributed by atoms with Gasteiger partial charge < -0.3 is 9.51 Å². The number of aromatic amines is 1. The Kier molecular flexibility index (Phi) is 3.82. The van der Waals surface area contributed by atoms with Crippen LogP contribution in [0, 0.1) is 11.3 Å². The Morgan fingerprint density at radius 3 is 2.60 bits per heavy atom. The Bertz CT molecular complexity index is 599. The van der Waals surface area contributed by atoms with E-state index >= 15 is 0 Å². The first-order chi connectivity index (χ1) is 9.86. The Morgan fingerprint density at radius 1 is 1.15 bits per heavy atom. The molecule has 20 heavy (non-hydrogen) atoms. The maximum absolute atomic E-state index is 8.82. The maximum Gasteiger partial charge on any atom is 0.274 e. The Morgan fingerprint density at radius 2 is 1.90 bits per heavy atom. The lowest BCUT2D eigenvalue weighted by Gasteiger charge is -2.15. The first-order valence-corrected chi connectivity index (χ1v) is 7.30. The number of rotatable bonds is 2. The highest BCUT2D eigenvalue weighted by Crippen LogP contribution is 2.30. The van der Waals surface area contributed by atoms with E-state index in [1.54, 1.807) is 12.1 Å². The van der Waals surface area contributed by atoms with Crippen molar-refractivity contribution >= 4 is 0 Å². The van der Waals surface area contributed by atoms with Gasteiger partial charge >= 0.3 is 0 Å². The number of nitriles is 1. The van der Waals surface area contributed by atoms with Gasteiger partial charge in [-0.1, -0.05) is 37.3 Å². The quantitative estimate of drug-likeness (QED) is 0.901. The fourth-order valence-electron chi connectivity index (χ4n) is 2.81. The fraction of sp³-hybridized carbons (Fsp3) is 0.533. The summed E-state index contributed by atoms with van der Waals surface area (Å²) >= 11 is 0. The van der Waals surface area contributed by atoms with Gasteiger partial charge in [0.2, 0.25) is 0 Å². The van der Waals surface area contributed by atoms with E-state index in [-0.39, 0.29) is 0 Å². The molecular weight excluding hydrogens is 252 g/mol. The molecule has 1 N–H and O–H groups in total. The van der Waals surface area contributed by atoms with Gasteiger partial charge in [0.05, 0.1) is 0 Å². The summed E-state index contributed by atoms with van der Waals surface area (Å²) in [5.74, 6) is 1.71. The zero-order valence-corrected chi connectivity index (χ0v) is 11.4. The second kappa shape index (κ2) is 5.91. The molecule has 1 aliphatic rings. The van der Waals surface area contributed by atoms with Crippen LogP contribution in [0.3, 0.4) is 0 Å². The molecule has 0 saturated heterocycles. The smallest absolute Gasteiger partial charge is 0.274 e. The first kappa shape index (κ1) is 12.9. The molecule has 2 heterocycles. The van der Waals surface area contributed by atoms with Gasteiger partial charge in [0.1, 0.15) is 17.5 Å². The molecule has 104 valence electrons. The number of hydrogen-bond donors (Lipinski definition) is 1. The summed E-state index contributed by atoms with van der Waals surface area (Å²) in [7, 11) is 0. The molecule has 0 unspecified atom stereocenters. The molecule has 0 aromatic carbocycles. The Balaban J connectivity index is 1.76. The van der Waals surface area contributed by atoms with Crippen molar-refractivity contribution in [3.8, 4) is 17.7 Å². The monoisotopic (exact) mass is 270 g/mol. The molecule has 1 aliphatic carbocycles. The molecule has 0 bridgehead atoms. The fourth-order valence-corrected chi connectivity index (χ4v) is 2.81. The zero-order valence-electron chi connectivity index (χ0n) is 11.4. The maximum atomic E-state index is 8.82. The minimum atomic E-state index is 0.415. The van der Waals surface area contributed by atoms with Crippen molar-refractivity contribution in [3.63, 3.8) is 0 Å². The first-order valence-electron chi connectivity index (χ1n) is 7.30. The van der Waals surface area contributed by atoms with E-state index in [1.807, 2.05) is 0 Å². The number of H-pyrrole nitrogens is 1. The van der Waals surface area contributed by atoms with Gasteiger partial charge in [0.25, 0.3) is 5.89 Å². The van der Waals surface area contributed by atoms with Crippen LogP contribution in [0.25, 0.3) is 11.6 Å². The lowest BCUT2D eigenvalue weighted by Crippen LogP contribution is -2.04. The highest BCUT2D eigenvalue weighted by Gasteiger charge is 2.20. The van der Waals surface area contributed by atoms with Crippen LogP contribution in [0.15, 0.2) is 16.7 Å². The van der Waals surface area contributed by atoms with Gasteiger partial charge in [-0.15, -0.1) is 0 Å². The van der Waals surface area contributed by atoms with E-state index in [0.29, 0.717) is 23.2 Å². The van der Waals surface area contributed by atoms with Crippen LogP contribution >= 0.6 is 0 Å². The largest absolute Gasteiger partial charge is 0.342 e. The summed E-state index contributed by atoms with van der Waals surface area (Å²) in [5.41, 5.74) is 1.22. The zero-order chi connectivity index (χ0) is 13.8. The summed E-state index contributed by atoms with van der Waals surface area (Å²) in [4.78, 5) is 7.47. The van der Waals surface area contributed by atoms with Crippen molar-refractivity contribution in [1.82, 2.24) is 15.1 Å². The molecule has 0 aliphatic heterocycles. The second-order valence-corrected chi connectivity index (χ2v) is 5.40. The van der Waals surface area contributed by atoms with Crippen LogP contribution in [-0.4, -0.2) is 15.1 Å². The van der Waals surface area contributed by atoms with Crippen molar-refractivity contribution in [2.45, 2.75) is 50.9 Å². The number of hydrogen-bond acceptors (Lipinski definition) is 4. The Labute approximate surface area is 118 Å². The van der Waals surface area contributed by atoms with Crippen LogP contribution in [0.4, 0.5) is 0 Å². The standard InChI is InChI=1S/C15H18N4O/c16-10-12-8-9-13(17-12)15-18-14(19-20-15)11-6-4-2-1-3-5-7-11/h8-9,11,17H,1-7H2. The van der Waals surface area contributed by atoms with E-state index in [1.165, 1.54) is 32.1 Å². The van der Waals surface area contributed by atoms with Gasteiger partial charge in [-0.3, -0.25) is 0 Å². The molecule has 0 radical (unpaired) electrons. The van der Waals surface area contributed by atoms with Crippen LogP contribution in [0.2, 0.25) is 0 Å². The highest BCUT2D eigenvalue weighted by atomic mass is 16.5. The van der Waals surface area contributed by atoms with Gasteiger partial charge in [-0.05, 0) is 25.0 Å². The van der Waals surface area contributed by atoms with E-state index in [0.717, 1.165) is 18.7 Å². The molecule has 2 aromatic rings. The SMILES string of the molecule is N#Cc1ccc(-c2nc(C3CCCCCCC3)no2)[nH]1. The van der Waals surface area contributed by atoms with Crippen molar-refractivity contribution in [3.05, 3.63) is 23.7 Å². The third-order valence-electron chi connectivity index (χ3n) is 3.95. The minimum Gasteiger partial charge on any atom is -0.342 e. The third kappa shape index (κ3) is 2.74. The Hall–Kier alpha value is -2.09. The van der Waals surface area contributed by atoms with E-state index in [2.05, 4.69) is 21.2 Å². The van der Waals surface area contributed by atoms with E-state index in [9.17, 15) is 0 Å². The van der Waals surface area contributed by atoms with Gasteiger partial charge in [0, 0.05) is 5.92 Å². The predicted octanol–water partition coefficient (Wildman–Crippen LogP) is 3.76. The van der Waals surface area contributed by atoms with E-state index < -0.39 is 0 Å². The van der Waals surface area contributed by atoms with Gasteiger partial charge in [-0.25, -0.2) is 0 Å². The summed E-state index contributed by atoms with van der Waals surface area (Å²) < 4.78 is 5.33. The molecule has 5 heteroatoms. The number of nitrogens with one attached hydrogen (secondary N) is 1. The molecule has 3 rings (SSSR count).